The molecule has 0 N–H and O–H groups in total. The van der Waals surface area contributed by atoms with E-state index in [4.69, 9.17) is 4.42 Å². The average Bonchev–Trinajstić information content (AvgIpc) is 3.72. The molecule has 2 heterocycles. The molecule has 0 atom stereocenters. The molecule has 49 heavy (non-hydrogen) atoms. The van der Waals surface area contributed by atoms with Crippen LogP contribution in [0.2, 0.25) is 0 Å². The predicted molar refractivity (Wildman–Crippen MR) is 206 cm³/mol. The maximum atomic E-state index is 6.77. The first-order valence-electron chi connectivity index (χ1n) is 16.7. The quantitative estimate of drug-likeness (QED) is 0.190. The highest BCUT2D eigenvalue weighted by Gasteiger charge is 2.19. The van der Waals surface area contributed by atoms with Crippen molar-refractivity contribution < 1.29 is 4.42 Å². The summed E-state index contributed by atoms with van der Waals surface area (Å²) in [5.41, 5.74) is 10.9. The van der Waals surface area contributed by atoms with Crippen molar-refractivity contribution in [3.05, 3.63) is 182 Å². The molecule has 0 aliphatic heterocycles. The summed E-state index contributed by atoms with van der Waals surface area (Å²) in [6.45, 7) is 0. The van der Waals surface area contributed by atoms with Gasteiger partial charge in [-0.05, 0) is 89.1 Å². The van der Waals surface area contributed by atoms with Gasteiger partial charge in [0.2, 0.25) is 0 Å². The van der Waals surface area contributed by atoms with E-state index in [0.717, 1.165) is 55.8 Å². The van der Waals surface area contributed by atoms with Gasteiger partial charge in [-0.2, -0.15) is 0 Å². The molecule has 230 valence electrons. The Kier molecular flexibility index (Phi) is 6.18. The molecule has 0 spiro atoms. The Bertz CT molecular complexity index is 2770. The molecule has 0 bridgehead atoms. The van der Waals surface area contributed by atoms with Gasteiger partial charge in [0.15, 0.2) is 0 Å². The summed E-state index contributed by atoms with van der Waals surface area (Å²) in [5, 5.41) is 7.07. The Morgan fingerprint density at radius 1 is 0.429 bits per heavy atom. The number of hydrogen-bond donors (Lipinski definition) is 0. The summed E-state index contributed by atoms with van der Waals surface area (Å²) < 4.78 is 9.13. The van der Waals surface area contributed by atoms with Crippen molar-refractivity contribution >= 4 is 71.6 Å². The maximum Gasteiger partial charge on any atom is 0.143 e. The van der Waals surface area contributed by atoms with E-state index in [9.17, 15) is 0 Å². The molecule has 0 amide bonds. The highest BCUT2D eigenvalue weighted by Crippen LogP contribution is 2.43. The zero-order chi connectivity index (χ0) is 32.3. The van der Waals surface area contributed by atoms with E-state index < -0.39 is 0 Å². The molecule has 0 radical (unpaired) electrons. The van der Waals surface area contributed by atoms with Crippen LogP contribution >= 0.6 is 0 Å². The van der Waals surface area contributed by atoms with Gasteiger partial charge in [-0.15, -0.1) is 0 Å². The van der Waals surface area contributed by atoms with Crippen molar-refractivity contribution in [2.45, 2.75) is 0 Å². The lowest BCUT2D eigenvalue weighted by Gasteiger charge is -2.25. The van der Waals surface area contributed by atoms with Gasteiger partial charge in [0.1, 0.15) is 11.2 Å². The van der Waals surface area contributed by atoms with E-state index in [1.54, 1.807) is 0 Å². The fraction of sp³-hybridized carbons (Fsp3) is 0. The van der Waals surface area contributed by atoms with E-state index in [-0.39, 0.29) is 0 Å². The van der Waals surface area contributed by atoms with Crippen molar-refractivity contribution in [1.82, 2.24) is 4.57 Å². The van der Waals surface area contributed by atoms with Crippen LogP contribution in [0.3, 0.4) is 0 Å². The largest absolute Gasteiger partial charge is 0.455 e. The van der Waals surface area contributed by atoms with Gasteiger partial charge in [0.25, 0.3) is 0 Å². The minimum absolute atomic E-state index is 0.889. The van der Waals surface area contributed by atoms with Crippen LogP contribution in [0.5, 0.6) is 0 Å². The van der Waals surface area contributed by atoms with Crippen LogP contribution in [0, 0.1) is 0 Å². The highest BCUT2D eigenvalue weighted by molar-refractivity contribution is 6.21. The maximum absolute atomic E-state index is 6.77. The Morgan fingerprint density at radius 2 is 1.08 bits per heavy atom. The topological polar surface area (TPSA) is 21.3 Å². The van der Waals surface area contributed by atoms with Crippen LogP contribution in [0.15, 0.2) is 186 Å². The lowest BCUT2D eigenvalue weighted by atomic mass is 9.98. The molecule has 0 fully saturated rings. The Morgan fingerprint density at radius 3 is 1.86 bits per heavy atom. The number of anilines is 3. The standard InChI is InChI=1S/C46H30N2O/c1-4-13-33(14-5-1)47(34-15-6-2-7-16-34)36-26-23-31-25-28-44-45(40(31)30-36)39-21-12-20-37(46(39)49-44)32-24-27-43-41(29-32)38-19-10-11-22-42(38)48(43)35-17-8-3-9-18-35/h1-30H. The SMILES string of the molecule is c1ccc(N(c2ccccc2)c2ccc3ccc4oc5c(-c6ccc7c(c6)c6ccccc6n7-c6ccccc6)cccc5c4c3c2)cc1. The summed E-state index contributed by atoms with van der Waals surface area (Å²) in [7, 11) is 0. The third kappa shape index (κ3) is 4.37. The van der Waals surface area contributed by atoms with Crippen molar-refractivity contribution in [1.29, 1.82) is 0 Å². The Labute approximate surface area is 283 Å². The molecule has 0 unspecified atom stereocenters. The summed E-state index contributed by atoms with van der Waals surface area (Å²) in [6, 6.07) is 64.8. The molecule has 10 aromatic rings. The first-order valence-corrected chi connectivity index (χ1v) is 16.7. The predicted octanol–water partition coefficient (Wildman–Crippen LogP) is 13.0. The van der Waals surface area contributed by atoms with Gasteiger partial charge >= 0.3 is 0 Å². The fourth-order valence-corrected chi connectivity index (χ4v) is 7.57. The number of benzene rings is 8. The zero-order valence-electron chi connectivity index (χ0n) is 26.6. The molecule has 3 heteroatoms. The molecular formula is C46H30N2O. The third-order valence-electron chi connectivity index (χ3n) is 9.75. The molecule has 10 rings (SSSR count). The minimum Gasteiger partial charge on any atom is -0.455 e. The van der Waals surface area contributed by atoms with Gasteiger partial charge in [0, 0.05) is 49.9 Å². The number of para-hydroxylation sites is 5. The van der Waals surface area contributed by atoms with Crippen LogP contribution in [-0.4, -0.2) is 4.57 Å². The number of nitrogens with zero attached hydrogens (tertiary/aromatic N) is 2. The van der Waals surface area contributed by atoms with Crippen LogP contribution in [0.1, 0.15) is 0 Å². The molecule has 2 aromatic heterocycles. The van der Waals surface area contributed by atoms with Gasteiger partial charge in [-0.1, -0.05) is 109 Å². The van der Waals surface area contributed by atoms with E-state index in [0.29, 0.717) is 0 Å². The van der Waals surface area contributed by atoms with Crippen molar-refractivity contribution in [3.63, 3.8) is 0 Å². The van der Waals surface area contributed by atoms with Crippen molar-refractivity contribution in [2.75, 3.05) is 4.90 Å². The van der Waals surface area contributed by atoms with E-state index in [1.165, 1.54) is 32.6 Å². The molecule has 3 nitrogen and oxygen atoms in total. The summed E-state index contributed by atoms with van der Waals surface area (Å²) in [5.74, 6) is 0. The van der Waals surface area contributed by atoms with Gasteiger partial charge in [-0.3, -0.25) is 0 Å². The molecule has 0 aliphatic rings. The summed E-state index contributed by atoms with van der Waals surface area (Å²) >= 11 is 0. The van der Waals surface area contributed by atoms with Gasteiger partial charge in [-0.25, -0.2) is 0 Å². The number of hydrogen-bond acceptors (Lipinski definition) is 2. The van der Waals surface area contributed by atoms with Crippen LogP contribution < -0.4 is 4.90 Å². The fourth-order valence-electron chi connectivity index (χ4n) is 7.57. The monoisotopic (exact) mass is 626 g/mol. The summed E-state index contributed by atoms with van der Waals surface area (Å²) in [6.07, 6.45) is 0. The summed E-state index contributed by atoms with van der Waals surface area (Å²) in [4.78, 5) is 2.31. The van der Waals surface area contributed by atoms with Gasteiger partial charge < -0.3 is 13.9 Å². The number of furan rings is 1. The molecule has 0 saturated carbocycles. The minimum atomic E-state index is 0.889. The Balaban J connectivity index is 1.18. The number of fused-ring (bicyclic) bond motifs is 8. The molecule has 0 aliphatic carbocycles. The van der Waals surface area contributed by atoms with Crippen LogP contribution in [0.25, 0.3) is 71.3 Å². The van der Waals surface area contributed by atoms with E-state index in [1.807, 2.05) is 0 Å². The molecular weight excluding hydrogens is 597 g/mol. The lowest BCUT2D eigenvalue weighted by Crippen LogP contribution is -2.09. The highest BCUT2D eigenvalue weighted by atomic mass is 16.3. The van der Waals surface area contributed by atoms with Gasteiger partial charge in [0.05, 0.1) is 11.0 Å². The van der Waals surface area contributed by atoms with Crippen LogP contribution in [-0.2, 0) is 0 Å². The first-order chi connectivity index (χ1) is 24.3. The zero-order valence-corrected chi connectivity index (χ0v) is 26.6. The van der Waals surface area contributed by atoms with Crippen LogP contribution in [0.4, 0.5) is 17.1 Å². The van der Waals surface area contributed by atoms with Crippen molar-refractivity contribution in [2.24, 2.45) is 0 Å². The lowest BCUT2D eigenvalue weighted by molar-refractivity contribution is 0.670. The second-order valence-electron chi connectivity index (χ2n) is 12.6. The average molecular weight is 627 g/mol. The first kappa shape index (κ1) is 27.5. The molecule has 8 aromatic carbocycles. The number of rotatable bonds is 5. The van der Waals surface area contributed by atoms with E-state index >= 15 is 0 Å². The second kappa shape index (κ2) is 11.0. The van der Waals surface area contributed by atoms with E-state index in [2.05, 4.69) is 191 Å². The normalized spacial score (nSPS) is 11.7. The number of aromatic nitrogens is 1. The third-order valence-corrected chi connectivity index (χ3v) is 9.75. The Hall–Kier alpha value is -6.58. The second-order valence-corrected chi connectivity index (χ2v) is 12.6. The molecule has 0 saturated heterocycles. The smallest absolute Gasteiger partial charge is 0.143 e. The van der Waals surface area contributed by atoms with Crippen molar-refractivity contribution in [3.8, 4) is 16.8 Å².